The van der Waals surface area contributed by atoms with Gasteiger partial charge in [-0.05, 0) is 43.7 Å². The molecule has 10 nitrogen and oxygen atoms in total. The van der Waals surface area contributed by atoms with Crippen molar-refractivity contribution in [2.45, 2.75) is 45.6 Å². The summed E-state index contributed by atoms with van der Waals surface area (Å²) in [5, 5.41) is 18.1. The monoisotopic (exact) mass is 519 g/mol. The Morgan fingerprint density at radius 3 is 2.59 bits per heavy atom. The molecule has 1 aliphatic heterocycles. The van der Waals surface area contributed by atoms with E-state index < -0.39 is 11.9 Å². The first-order valence-electron chi connectivity index (χ1n) is 12.7. The molecule has 1 N–H and O–H groups in total. The number of para-hydroxylation sites is 1. The van der Waals surface area contributed by atoms with Gasteiger partial charge in [0.15, 0.2) is 5.69 Å². The van der Waals surface area contributed by atoms with E-state index in [0.29, 0.717) is 51.3 Å². The van der Waals surface area contributed by atoms with Gasteiger partial charge in [-0.25, -0.2) is 13.9 Å². The van der Waals surface area contributed by atoms with Gasteiger partial charge in [-0.15, -0.1) is 5.10 Å². The van der Waals surface area contributed by atoms with Gasteiger partial charge in [-0.3, -0.25) is 4.79 Å². The molecule has 0 aliphatic carbocycles. The highest BCUT2D eigenvalue weighted by Gasteiger charge is 2.37. The average molecular weight is 520 g/mol. The minimum Gasteiger partial charge on any atom is -0.465 e. The van der Waals surface area contributed by atoms with E-state index in [4.69, 9.17) is 9.47 Å². The molecule has 0 unspecified atom stereocenters. The zero-order valence-electron chi connectivity index (χ0n) is 22.1. The van der Waals surface area contributed by atoms with Crippen LogP contribution in [0.3, 0.4) is 0 Å². The predicted octanol–water partition coefficient (Wildman–Crippen LogP) is 3.49. The molecule has 0 spiro atoms. The molecule has 2 amide bonds. The van der Waals surface area contributed by atoms with E-state index in [2.05, 4.69) is 10.3 Å². The minimum atomic E-state index is -1.02. The number of benzene rings is 1. The lowest BCUT2D eigenvalue weighted by atomic mass is 9.93. The van der Waals surface area contributed by atoms with Crippen LogP contribution in [0.2, 0.25) is 0 Å². The van der Waals surface area contributed by atoms with Crippen molar-refractivity contribution in [2.75, 3.05) is 47.1 Å². The molecular weight excluding hydrogens is 481 g/mol. The fourth-order valence-electron chi connectivity index (χ4n) is 4.89. The van der Waals surface area contributed by atoms with Crippen LogP contribution in [0.1, 0.15) is 49.3 Å². The smallest absolute Gasteiger partial charge is 0.407 e. The van der Waals surface area contributed by atoms with Gasteiger partial charge in [0, 0.05) is 46.4 Å². The Kier molecular flexibility index (Phi) is 10.4. The normalized spacial score (nSPS) is 17.8. The number of carboxylic acid groups (broad SMARTS) is 1. The third-order valence-electron chi connectivity index (χ3n) is 6.51. The molecule has 0 bridgehead atoms. The third-order valence-corrected chi connectivity index (χ3v) is 6.51. The first-order valence-corrected chi connectivity index (χ1v) is 12.7. The van der Waals surface area contributed by atoms with Gasteiger partial charge in [0.1, 0.15) is 11.5 Å². The van der Waals surface area contributed by atoms with Crippen LogP contribution in [0.25, 0.3) is 5.69 Å². The number of methoxy groups -OCH3 is 2. The zero-order valence-corrected chi connectivity index (χ0v) is 22.1. The molecule has 1 fully saturated rings. The molecule has 1 aromatic heterocycles. The molecule has 0 saturated carbocycles. The van der Waals surface area contributed by atoms with E-state index in [1.165, 1.54) is 15.6 Å². The summed E-state index contributed by atoms with van der Waals surface area (Å²) in [5.41, 5.74) is 0.914. The molecule has 204 valence electrons. The number of unbranched alkanes of at least 4 members (excludes halogenated alkanes) is 1. The number of nitrogens with zero attached hydrogens (tertiary/aromatic N) is 5. The van der Waals surface area contributed by atoms with Crippen LogP contribution >= 0.6 is 0 Å². The second-order valence-corrected chi connectivity index (χ2v) is 9.95. The zero-order chi connectivity index (χ0) is 26.9. The number of likely N-dealkylation sites (tertiary alicyclic amines) is 1. The van der Waals surface area contributed by atoms with E-state index >= 15 is 0 Å². The van der Waals surface area contributed by atoms with Crippen molar-refractivity contribution < 1.29 is 28.6 Å². The number of ether oxygens (including phenoxy) is 2. The van der Waals surface area contributed by atoms with Crippen LogP contribution in [0.4, 0.5) is 9.18 Å². The lowest BCUT2D eigenvalue weighted by molar-refractivity contribution is 0.0260. The van der Waals surface area contributed by atoms with Gasteiger partial charge in [-0.1, -0.05) is 31.2 Å². The topological polar surface area (TPSA) is 110 Å². The van der Waals surface area contributed by atoms with E-state index in [1.54, 1.807) is 37.3 Å². The molecule has 2 atom stereocenters. The summed E-state index contributed by atoms with van der Waals surface area (Å²) in [6.07, 6.45) is 1.51. The molecule has 1 saturated heterocycles. The molecule has 3 rings (SSSR count). The first-order chi connectivity index (χ1) is 17.8. The fourth-order valence-corrected chi connectivity index (χ4v) is 4.89. The SMILES string of the molecule is COCCCCc1c(C(=O)N(CC(C)C)[C@H]2C[C@@H](COC)CN(C(=O)O)C2)nnn1-c1ccccc1F. The lowest BCUT2D eigenvalue weighted by Crippen LogP contribution is -2.55. The van der Waals surface area contributed by atoms with Crippen molar-refractivity contribution >= 4 is 12.0 Å². The molecule has 11 heteroatoms. The number of rotatable bonds is 12. The molecule has 2 heterocycles. The highest BCUT2D eigenvalue weighted by molar-refractivity contribution is 5.93. The molecule has 37 heavy (non-hydrogen) atoms. The van der Waals surface area contributed by atoms with E-state index in [-0.39, 0.29) is 41.7 Å². The highest BCUT2D eigenvalue weighted by Crippen LogP contribution is 2.26. The standard InChI is InChI=1S/C26H38FN5O5/c1-18(2)14-31(20-13-19(17-37-4)15-30(16-20)26(34)35)25(33)24-23(11-7-8-12-36-3)32(29-28-24)22-10-6-5-9-21(22)27/h5-6,9-10,18-20H,7-8,11-17H2,1-4H3,(H,34,35)/t19-,20+/m1/s1. The van der Waals surface area contributed by atoms with E-state index in [9.17, 15) is 19.1 Å². The van der Waals surface area contributed by atoms with Crippen molar-refractivity contribution in [3.8, 4) is 5.69 Å². The summed E-state index contributed by atoms with van der Waals surface area (Å²) in [6, 6.07) is 5.90. The Labute approximate surface area is 217 Å². The maximum Gasteiger partial charge on any atom is 0.407 e. The van der Waals surface area contributed by atoms with Gasteiger partial charge in [0.2, 0.25) is 0 Å². The quantitative estimate of drug-likeness (QED) is 0.428. The second kappa shape index (κ2) is 13.5. The highest BCUT2D eigenvalue weighted by atomic mass is 19.1. The van der Waals surface area contributed by atoms with E-state index in [1.807, 2.05) is 13.8 Å². The third kappa shape index (κ3) is 7.26. The van der Waals surface area contributed by atoms with Gasteiger partial charge in [-0.2, -0.15) is 0 Å². The summed E-state index contributed by atoms with van der Waals surface area (Å²) < 4.78 is 26.6. The van der Waals surface area contributed by atoms with Crippen LogP contribution in [0, 0.1) is 17.7 Å². The van der Waals surface area contributed by atoms with Crippen molar-refractivity contribution in [2.24, 2.45) is 11.8 Å². The van der Waals surface area contributed by atoms with Crippen molar-refractivity contribution in [1.82, 2.24) is 24.8 Å². The molecule has 0 radical (unpaired) electrons. The van der Waals surface area contributed by atoms with Crippen molar-refractivity contribution in [1.29, 1.82) is 0 Å². The van der Waals surface area contributed by atoms with Crippen molar-refractivity contribution in [3.05, 3.63) is 41.5 Å². The number of piperidine rings is 1. The number of hydrogen-bond acceptors (Lipinski definition) is 6. The Morgan fingerprint density at radius 2 is 1.95 bits per heavy atom. The Morgan fingerprint density at radius 1 is 1.19 bits per heavy atom. The summed E-state index contributed by atoms with van der Waals surface area (Å²) in [5.74, 6) is -0.691. The van der Waals surface area contributed by atoms with Crippen LogP contribution < -0.4 is 0 Å². The summed E-state index contributed by atoms with van der Waals surface area (Å²) in [4.78, 5) is 29.0. The van der Waals surface area contributed by atoms with Crippen LogP contribution in [0.5, 0.6) is 0 Å². The Bertz CT molecular complexity index is 1050. The van der Waals surface area contributed by atoms with Gasteiger partial charge < -0.3 is 24.4 Å². The second-order valence-electron chi connectivity index (χ2n) is 9.95. The van der Waals surface area contributed by atoms with Gasteiger partial charge in [0.05, 0.1) is 18.3 Å². The first kappa shape index (κ1) is 28.5. The lowest BCUT2D eigenvalue weighted by Gasteiger charge is -2.42. The number of carbonyl (C=O) groups excluding carboxylic acids is 1. The molecule has 1 aromatic carbocycles. The number of carbonyl (C=O) groups is 2. The van der Waals surface area contributed by atoms with Gasteiger partial charge >= 0.3 is 6.09 Å². The summed E-state index contributed by atoms with van der Waals surface area (Å²) in [6.45, 7) is 5.97. The number of aromatic nitrogens is 3. The van der Waals surface area contributed by atoms with Crippen LogP contribution in [0.15, 0.2) is 24.3 Å². The van der Waals surface area contributed by atoms with Gasteiger partial charge in [0.25, 0.3) is 5.91 Å². The number of hydrogen-bond donors (Lipinski definition) is 1. The maximum atomic E-state index is 14.7. The number of amides is 2. The largest absolute Gasteiger partial charge is 0.465 e. The predicted molar refractivity (Wildman–Crippen MR) is 135 cm³/mol. The minimum absolute atomic E-state index is 0.0371. The number of halogens is 1. The Balaban J connectivity index is 1.99. The van der Waals surface area contributed by atoms with Crippen molar-refractivity contribution in [3.63, 3.8) is 0 Å². The maximum absolute atomic E-state index is 14.7. The summed E-state index contributed by atoms with van der Waals surface area (Å²) >= 11 is 0. The molecule has 1 aliphatic rings. The average Bonchev–Trinajstić information content (AvgIpc) is 3.28. The fraction of sp³-hybridized carbons (Fsp3) is 0.615. The molecular formula is C26H38FN5O5. The summed E-state index contributed by atoms with van der Waals surface area (Å²) in [7, 11) is 3.22. The van der Waals surface area contributed by atoms with Crippen LogP contribution in [-0.4, -0.2) is 95.0 Å². The van der Waals surface area contributed by atoms with Crippen LogP contribution in [-0.2, 0) is 15.9 Å². The molecule has 2 aromatic rings. The Hall–Kier alpha value is -3.05. The van der Waals surface area contributed by atoms with E-state index in [0.717, 1.165) is 6.42 Å².